The fourth-order valence-corrected chi connectivity index (χ4v) is 4.10. The van der Waals surface area contributed by atoms with Gasteiger partial charge < -0.3 is 9.84 Å². The third-order valence-electron chi connectivity index (χ3n) is 5.07. The average molecular weight is 260 g/mol. The van der Waals surface area contributed by atoms with Crippen molar-refractivity contribution < 1.29 is 14.6 Å². The lowest BCUT2D eigenvalue weighted by atomic mass is 9.49. The Kier molecular flexibility index (Phi) is 2.80. The highest BCUT2D eigenvalue weighted by atomic mass is 16.5. The van der Waals surface area contributed by atoms with E-state index in [2.05, 4.69) is 0 Å². The lowest BCUT2D eigenvalue weighted by molar-refractivity contribution is -0.154. The summed E-state index contributed by atoms with van der Waals surface area (Å²) in [5.74, 6) is 0.106. The molecular weight excluding hydrogens is 240 g/mol. The molecule has 102 valence electrons. The first kappa shape index (κ1) is 12.5. The maximum Gasteiger partial charge on any atom is 0.314 e. The van der Waals surface area contributed by atoms with Crippen LogP contribution in [0.15, 0.2) is 24.3 Å². The Morgan fingerprint density at radius 3 is 2.21 bits per heavy atom. The average Bonchev–Trinajstić information content (AvgIpc) is 2.85. The third-order valence-corrected chi connectivity index (χ3v) is 5.07. The Labute approximate surface area is 113 Å². The number of carboxylic acid groups (broad SMARTS) is 1. The first-order chi connectivity index (χ1) is 9.10. The van der Waals surface area contributed by atoms with E-state index in [-0.39, 0.29) is 0 Å². The number of methoxy groups -OCH3 is 1. The first-order valence-electron chi connectivity index (χ1n) is 6.98. The quantitative estimate of drug-likeness (QED) is 0.906. The standard InChI is InChI=1S/C16H20O3/c1-19-13-6-4-12(5-7-13)16(14(17)18)10-15(11-16)8-2-3-9-15/h4-7H,2-3,8-11H2,1H3,(H,17,18). The van der Waals surface area contributed by atoms with Gasteiger partial charge in [-0.3, -0.25) is 4.79 Å². The molecule has 1 N–H and O–H groups in total. The number of hydrogen-bond acceptors (Lipinski definition) is 2. The summed E-state index contributed by atoms with van der Waals surface area (Å²) in [6.07, 6.45) is 6.55. The topological polar surface area (TPSA) is 46.5 Å². The molecule has 0 unspecified atom stereocenters. The minimum absolute atomic E-state index is 0.318. The van der Waals surface area contributed by atoms with Gasteiger partial charge in [0.2, 0.25) is 0 Å². The van der Waals surface area contributed by atoms with Gasteiger partial charge in [0, 0.05) is 0 Å². The van der Waals surface area contributed by atoms with Gasteiger partial charge in [-0.1, -0.05) is 25.0 Å². The molecule has 19 heavy (non-hydrogen) atoms. The van der Waals surface area contributed by atoms with Gasteiger partial charge in [-0.15, -0.1) is 0 Å². The summed E-state index contributed by atoms with van der Waals surface area (Å²) in [6.45, 7) is 0. The predicted octanol–water partition coefficient (Wildman–Crippen LogP) is 3.37. The van der Waals surface area contributed by atoms with Crippen molar-refractivity contribution in [1.82, 2.24) is 0 Å². The van der Waals surface area contributed by atoms with E-state index >= 15 is 0 Å². The van der Waals surface area contributed by atoms with E-state index in [1.807, 2.05) is 24.3 Å². The number of carboxylic acids is 1. The Bertz CT molecular complexity index is 475. The Morgan fingerprint density at radius 2 is 1.74 bits per heavy atom. The monoisotopic (exact) mass is 260 g/mol. The maximum absolute atomic E-state index is 11.8. The molecule has 0 radical (unpaired) electrons. The predicted molar refractivity (Wildman–Crippen MR) is 72.4 cm³/mol. The van der Waals surface area contributed by atoms with Crippen molar-refractivity contribution in [2.24, 2.45) is 5.41 Å². The summed E-state index contributed by atoms with van der Waals surface area (Å²) in [5.41, 5.74) is 0.591. The molecule has 0 atom stereocenters. The molecule has 0 bridgehead atoms. The molecule has 3 heteroatoms. The molecule has 0 amide bonds. The lowest BCUT2D eigenvalue weighted by Crippen LogP contribution is -2.53. The first-order valence-corrected chi connectivity index (χ1v) is 6.98. The number of hydrogen-bond donors (Lipinski definition) is 1. The normalized spacial score (nSPS) is 23.0. The number of rotatable bonds is 3. The van der Waals surface area contributed by atoms with Crippen molar-refractivity contribution in [3.05, 3.63) is 29.8 Å². The zero-order chi connectivity index (χ0) is 13.5. The minimum Gasteiger partial charge on any atom is -0.497 e. The van der Waals surface area contributed by atoms with Crippen molar-refractivity contribution in [3.63, 3.8) is 0 Å². The largest absolute Gasteiger partial charge is 0.497 e. The maximum atomic E-state index is 11.8. The van der Waals surface area contributed by atoms with Gasteiger partial charge in [-0.2, -0.15) is 0 Å². The fourth-order valence-electron chi connectivity index (χ4n) is 4.10. The second-order valence-electron chi connectivity index (χ2n) is 6.18. The zero-order valence-corrected chi connectivity index (χ0v) is 11.3. The van der Waals surface area contributed by atoms with Crippen molar-refractivity contribution in [2.45, 2.75) is 43.9 Å². The van der Waals surface area contributed by atoms with Crippen molar-refractivity contribution in [3.8, 4) is 5.75 Å². The van der Waals surface area contributed by atoms with Crippen molar-refractivity contribution >= 4 is 5.97 Å². The summed E-state index contributed by atoms with van der Waals surface area (Å²) in [5, 5.41) is 9.68. The van der Waals surface area contributed by atoms with Crippen molar-refractivity contribution in [2.75, 3.05) is 7.11 Å². The smallest absolute Gasteiger partial charge is 0.314 e. The summed E-state index contributed by atoms with van der Waals surface area (Å²) < 4.78 is 5.14. The third kappa shape index (κ3) is 1.83. The molecule has 2 aliphatic rings. The molecular formula is C16H20O3. The molecule has 0 aromatic heterocycles. The molecule has 0 heterocycles. The van der Waals surface area contributed by atoms with Crippen LogP contribution < -0.4 is 4.74 Å². The van der Waals surface area contributed by atoms with Gasteiger partial charge in [0.15, 0.2) is 0 Å². The molecule has 2 fully saturated rings. The second kappa shape index (κ2) is 4.26. The minimum atomic E-state index is -0.671. The summed E-state index contributed by atoms with van der Waals surface area (Å²) >= 11 is 0. The molecule has 3 rings (SSSR count). The molecule has 3 nitrogen and oxygen atoms in total. The van der Waals surface area contributed by atoms with Crippen LogP contribution in [0.5, 0.6) is 5.75 Å². The Hall–Kier alpha value is -1.51. The molecule has 0 saturated heterocycles. The van der Waals surface area contributed by atoms with Gasteiger partial charge >= 0.3 is 5.97 Å². The van der Waals surface area contributed by atoms with E-state index in [0.717, 1.165) is 24.2 Å². The molecule has 1 spiro atoms. The molecule has 2 saturated carbocycles. The number of ether oxygens (including phenoxy) is 1. The van der Waals surface area contributed by atoms with Gasteiger partial charge in [-0.05, 0) is 48.8 Å². The Morgan fingerprint density at radius 1 is 1.16 bits per heavy atom. The lowest BCUT2D eigenvalue weighted by Gasteiger charge is -2.52. The van der Waals surface area contributed by atoms with Gasteiger partial charge in [0.25, 0.3) is 0 Å². The van der Waals surface area contributed by atoms with Crippen molar-refractivity contribution in [1.29, 1.82) is 0 Å². The molecule has 2 aliphatic carbocycles. The summed E-state index contributed by atoms with van der Waals surface area (Å²) in [4.78, 5) is 11.8. The fraction of sp³-hybridized carbons (Fsp3) is 0.562. The van der Waals surface area contributed by atoms with Crippen LogP contribution in [-0.4, -0.2) is 18.2 Å². The van der Waals surface area contributed by atoms with Crippen LogP contribution in [0.2, 0.25) is 0 Å². The van der Waals surface area contributed by atoms with Crippen LogP contribution in [0, 0.1) is 5.41 Å². The van der Waals surface area contributed by atoms with Gasteiger partial charge in [-0.25, -0.2) is 0 Å². The second-order valence-corrected chi connectivity index (χ2v) is 6.18. The molecule has 0 aliphatic heterocycles. The number of aliphatic carboxylic acids is 1. The van der Waals surface area contributed by atoms with E-state index < -0.39 is 11.4 Å². The molecule has 1 aromatic rings. The van der Waals surface area contributed by atoms with E-state index in [0.29, 0.717) is 5.41 Å². The van der Waals surface area contributed by atoms with Crippen LogP contribution in [0.1, 0.15) is 44.1 Å². The highest BCUT2D eigenvalue weighted by Gasteiger charge is 2.60. The van der Waals surface area contributed by atoms with E-state index in [4.69, 9.17) is 4.74 Å². The molecule has 1 aromatic carbocycles. The number of carbonyl (C=O) groups is 1. The van der Waals surface area contributed by atoms with Crippen LogP contribution in [0.3, 0.4) is 0 Å². The van der Waals surface area contributed by atoms with Gasteiger partial charge in [0.05, 0.1) is 12.5 Å². The van der Waals surface area contributed by atoms with Crippen LogP contribution in [-0.2, 0) is 10.2 Å². The highest BCUT2D eigenvalue weighted by molar-refractivity contribution is 5.83. The van der Waals surface area contributed by atoms with Gasteiger partial charge in [0.1, 0.15) is 5.75 Å². The van der Waals surface area contributed by atoms with Crippen LogP contribution in [0.4, 0.5) is 0 Å². The highest BCUT2D eigenvalue weighted by Crippen LogP contribution is 2.63. The Balaban J connectivity index is 1.88. The van der Waals surface area contributed by atoms with Crippen LogP contribution in [0.25, 0.3) is 0 Å². The van der Waals surface area contributed by atoms with E-state index in [9.17, 15) is 9.90 Å². The van der Waals surface area contributed by atoms with E-state index in [1.165, 1.54) is 25.7 Å². The number of benzene rings is 1. The SMILES string of the molecule is COc1ccc(C2(C(=O)O)CC3(CCCC3)C2)cc1. The summed E-state index contributed by atoms with van der Waals surface area (Å²) in [6, 6.07) is 7.54. The van der Waals surface area contributed by atoms with E-state index in [1.54, 1.807) is 7.11 Å². The van der Waals surface area contributed by atoms with Crippen LogP contribution >= 0.6 is 0 Å². The summed E-state index contributed by atoms with van der Waals surface area (Å²) in [7, 11) is 1.62. The zero-order valence-electron chi connectivity index (χ0n) is 11.3.